The molecule has 3 heteroatoms. The highest BCUT2D eigenvalue weighted by Gasteiger charge is 2.26. The van der Waals surface area contributed by atoms with Crippen LogP contribution in [0.5, 0.6) is 0 Å². The van der Waals surface area contributed by atoms with Gasteiger partial charge < -0.3 is 9.13 Å². The lowest BCUT2D eigenvalue weighted by Gasteiger charge is -2.15. The number of aromatic nitrogens is 3. The van der Waals surface area contributed by atoms with Crippen LogP contribution in [0, 0.1) is 0 Å². The molecule has 0 radical (unpaired) electrons. The van der Waals surface area contributed by atoms with E-state index in [4.69, 9.17) is 4.98 Å². The van der Waals surface area contributed by atoms with Crippen LogP contribution >= 0.6 is 0 Å². The summed E-state index contributed by atoms with van der Waals surface area (Å²) in [6, 6.07) is 62.2. The van der Waals surface area contributed by atoms with Crippen molar-refractivity contribution < 1.29 is 0 Å². The van der Waals surface area contributed by atoms with Gasteiger partial charge in [-0.05, 0) is 98.8 Å². The largest absolute Gasteiger partial charge is 0.309 e. The lowest BCUT2D eigenvalue weighted by molar-refractivity contribution is 1.18. The van der Waals surface area contributed by atoms with Gasteiger partial charge in [0.05, 0.1) is 27.6 Å². The number of hydrogen-bond acceptors (Lipinski definition) is 1. The molecule has 11 aromatic rings. The molecule has 3 aromatic heterocycles. The number of rotatable bonds is 3. The first-order chi connectivity index (χ1) is 25.8. The van der Waals surface area contributed by atoms with Crippen molar-refractivity contribution in [1.29, 1.82) is 0 Å². The molecule has 3 heterocycles. The zero-order valence-corrected chi connectivity index (χ0v) is 28.1. The summed E-state index contributed by atoms with van der Waals surface area (Å²) in [6.45, 7) is 0. The molecule has 0 saturated heterocycles. The molecule has 240 valence electrons. The second-order valence-electron chi connectivity index (χ2n) is 13.9. The van der Waals surface area contributed by atoms with E-state index in [1.807, 2.05) is 12.3 Å². The van der Waals surface area contributed by atoms with Gasteiger partial charge in [-0.3, -0.25) is 4.98 Å². The molecule has 52 heavy (non-hydrogen) atoms. The van der Waals surface area contributed by atoms with Crippen molar-refractivity contribution in [3.8, 4) is 44.8 Å². The molecule has 0 N–H and O–H groups in total. The Bertz CT molecular complexity index is 3220. The summed E-state index contributed by atoms with van der Waals surface area (Å²) >= 11 is 0. The molecule has 0 unspecified atom stereocenters. The first-order valence-corrected chi connectivity index (χ1v) is 17.9. The smallest absolute Gasteiger partial charge is 0.0949 e. The van der Waals surface area contributed by atoms with Crippen molar-refractivity contribution in [2.45, 2.75) is 0 Å². The van der Waals surface area contributed by atoms with Crippen molar-refractivity contribution in [2.24, 2.45) is 0 Å². The van der Waals surface area contributed by atoms with Crippen molar-refractivity contribution in [3.05, 3.63) is 176 Å². The second-order valence-corrected chi connectivity index (χ2v) is 13.9. The SMILES string of the molecule is c1ccc2c(c1)-c1cccc3ccc4c(c13)c1c-2cc2cccnc2c1n4-c1ccc(-c2ccc(-n3c4ccccc4c4ccccc43)cc2)cc1. The van der Waals surface area contributed by atoms with Gasteiger partial charge in [0.15, 0.2) is 0 Å². The van der Waals surface area contributed by atoms with Gasteiger partial charge in [0, 0.05) is 44.5 Å². The van der Waals surface area contributed by atoms with Crippen LogP contribution < -0.4 is 0 Å². The third-order valence-corrected chi connectivity index (χ3v) is 11.3. The monoisotopic (exact) mass is 659 g/mol. The van der Waals surface area contributed by atoms with Crippen molar-refractivity contribution in [2.75, 3.05) is 0 Å². The van der Waals surface area contributed by atoms with Crippen LogP contribution in [0.3, 0.4) is 0 Å². The van der Waals surface area contributed by atoms with E-state index in [2.05, 4.69) is 173 Å². The Morgan fingerprint density at radius 3 is 1.67 bits per heavy atom. The van der Waals surface area contributed by atoms with E-state index < -0.39 is 0 Å². The molecule has 0 spiro atoms. The molecule has 0 aliphatic heterocycles. The summed E-state index contributed by atoms with van der Waals surface area (Å²) in [6.07, 6.45) is 1.92. The quantitative estimate of drug-likeness (QED) is 0.185. The Morgan fingerprint density at radius 2 is 0.962 bits per heavy atom. The van der Waals surface area contributed by atoms with Crippen LogP contribution in [0.15, 0.2) is 176 Å². The number of nitrogens with zero attached hydrogens (tertiary/aromatic N) is 3. The Labute approximate surface area is 299 Å². The summed E-state index contributed by atoms with van der Waals surface area (Å²) in [5.74, 6) is 0. The summed E-state index contributed by atoms with van der Waals surface area (Å²) in [7, 11) is 0. The molecule has 0 fully saturated rings. The Kier molecular flexibility index (Phi) is 5.50. The van der Waals surface area contributed by atoms with Crippen LogP contribution in [0.1, 0.15) is 0 Å². The summed E-state index contributed by atoms with van der Waals surface area (Å²) < 4.78 is 4.82. The predicted octanol–water partition coefficient (Wildman–Crippen LogP) is 12.9. The maximum Gasteiger partial charge on any atom is 0.0949 e. The van der Waals surface area contributed by atoms with Gasteiger partial charge in [-0.15, -0.1) is 0 Å². The minimum absolute atomic E-state index is 1.02. The van der Waals surface area contributed by atoms with Crippen molar-refractivity contribution in [1.82, 2.24) is 14.1 Å². The maximum absolute atomic E-state index is 5.03. The van der Waals surface area contributed by atoms with Gasteiger partial charge in [0.25, 0.3) is 0 Å². The van der Waals surface area contributed by atoms with Gasteiger partial charge in [0.1, 0.15) is 0 Å². The molecule has 12 rings (SSSR count). The van der Waals surface area contributed by atoms with Crippen LogP contribution in [0.25, 0.3) is 110 Å². The van der Waals surface area contributed by atoms with E-state index in [0.717, 1.165) is 27.8 Å². The number of hydrogen-bond donors (Lipinski definition) is 0. The third-order valence-electron chi connectivity index (χ3n) is 11.3. The lowest BCUT2D eigenvalue weighted by Crippen LogP contribution is -1.97. The molecule has 0 bridgehead atoms. The van der Waals surface area contributed by atoms with Gasteiger partial charge >= 0.3 is 0 Å². The maximum atomic E-state index is 5.03. The topological polar surface area (TPSA) is 22.8 Å². The highest BCUT2D eigenvalue weighted by Crippen LogP contribution is 2.51. The van der Waals surface area contributed by atoms with E-state index >= 15 is 0 Å². The Balaban J connectivity index is 1.05. The van der Waals surface area contributed by atoms with Crippen LogP contribution in [0.2, 0.25) is 0 Å². The zero-order chi connectivity index (χ0) is 33.9. The fourth-order valence-corrected chi connectivity index (χ4v) is 9.07. The average molecular weight is 660 g/mol. The lowest BCUT2D eigenvalue weighted by atomic mass is 9.93. The minimum atomic E-state index is 1.02. The van der Waals surface area contributed by atoms with Crippen LogP contribution in [-0.2, 0) is 0 Å². The van der Waals surface area contributed by atoms with Gasteiger partial charge in [-0.2, -0.15) is 0 Å². The van der Waals surface area contributed by atoms with E-state index in [1.54, 1.807) is 0 Å². The summed E-state index contributed by atoms with van der Waals surface area (Å²) in [5.41, 5.74) is 15.6. The molecule has 1 aliphatic rings. The molecule has 0 amide bonds. The van der Waals surface area contributed by atoms with E-state index in [-0.39, 0.29) is 0 Å². The van der Waals surface area contributed by atoms with E-state index in [0.29, 0.717) is 0 Å². The molecule has 8 aromatic carbocycles. The fraction of sp³-hybridized carbons (Fsp3) is 0. The molecule has 1 aliphatic carbocycles. The van der Waals surface area contributed by atoms with Crippen molar-refractivity contribution >= 4 is 65.3 Å². The highest BCUT2D eigenvalue weighted by atomic mass is 15.0. The minimum Gasteiger partial charge on any atom is -0.309 e. The average Bonchev–Trinajstić information content (AvgIpc) is 3.71. The third kappa shape index (κ3) is 3.66. The molecular formula is C49H29N3. The molecular weight excluding hydrogens is 631 g/mol. The zero-order valence-electron chi connectivity index (χ0n) is 28.1. The van der Waals surface area contributed by atoms with E-state index in [9.17, 15) is 0 Å². The summed E-state index contributed by atoms with van der Waals surface area (Å²) in [4.78, 5) is 5.03. The van der Waals surface area contributed by atoms with Gasteiger partial charge in [0.2, 0.25) is 0 Å². The molecule has 0 atom stereocenters. The standard InChI is InChI=1S/C49H29N3/c1-2-12-37-36(11-1)40-15-7-9-32-22-27-44-47(45(32)40)46-41(37)29-33-10-8-28-50-48(33)49(46)52(44)35-25-20-31(21-26-35)30-18-23-34(24-19-30)51-42-16-5-3-13-38(42)39-14-4-6-17-43(39)51/h1-29H. The summed E-state index contributed by atoms with van der Waals surface area (Å²) in [5, 5.41) is 8.83. The second kappa shape index (κ2) is 10.3. The number of fused-ring (bicyclic) bond motifs is 8. The molecule has 3 nitrogen and oxygen atoms in total. The van der Waals surface area contributed by atoms with Crippen LogP contribution in [0.4, 0.5) is 0 Å². The first kappa shape index (κ1) is 27.8. The predicted molar refractivity (Wildman–Crippen MR) is 218 cm³/mol. The first-order valence-electron chi connectivity index (χ1n) is 17.9. The fourth-order valence-electron chi connectivity index (χ4n) is 9.07. The van der Waals surface area contributed by atoms with Gasteiger partial charge in [-0.25, -0.2) is 0 Å². The Morgan fingerprint density at radius 1 is 0.365 bits per heavy atom. The number of para-hydroxylation sites is 2. The van der Waals surface area contributed by atoms with Crippen LogP contribution in [-0.4, -0.2) is 14.1 Å². The normalized spacial score (nSPS) is 12.2. The van der Waals surface area contributed by atoms with E-state index in [1.165, 1.54) is 82.2 Å². The Hall–Kier alpha value is -6.97. The van der Waals surface area contributed by atoms with Gasteiger partial charge in [-0.1, -0.05) is 115 Å². The number of benzene rings is 8. The molecule has 0 saturated carbocycles. The van der Waals surface area contributed by atoms with Crippen molar-refractivity contribution in [3.63, 3.8) is 0 Å². The number of pyridine rings is 1. The highest BCUT2D eigenvalue weighted by molar-refractivity contribution is 6.33.